The molecular formula is C30H31BrN2O6S. The van der Waals surface area contributed by atoms with Crippen LogP contribution in [0.3, 0.4) is 0 Å². The Labute approximate surface area is 246 Å². The lowest BCUT2D eigenvalue weighted by molar-refractivity contribution is -0.146. The van der Waals surface area contributed by atoms with E-state index in [0.717, 1.165) is 31.9 Å². The second-order valence-corrected chi connectivity index (χ2v) is 10.7. The summed E-state index contributed by atoms with van der Waals surface area (Å²) in [5.41, 5.74) is 4.67. The molecule has 0 aliphatic carbocycles. The number of nitrogens with zero attached hydrogens (tertiary/aromatic N) is 2. The van der Waals surface area contributed by atoms with E-state index < -0.39 is 23.8 Å². The number of hydrogen-bond donors (Lipinski definition) is 0. The number of benzene rings is 2. The van der Waals surface area contributed by atoms with Crippen molar-refractivity contribution in [2.45, 2.75) is 33.6 Å². The van der Waals surface area contributed by atoms with Gasteiger partial charge in [-0.3, -0.25) is 9.79 Å². The Kier molecular flexibility index (Phi) is 9.42. The van der Waals surface area contributed by atoms with Crippen LogP contribution in [0, 0.1) is 5.92 Å². The SMILES string of the molecule is CCOC(=O)C1=C(C)N=C(C)C(C(=O)OCC)C1c1cccc(-c2nc(-c3cc(Br)c(OC)cc3OC)cs2)c1. The zero-order valence-corrected chi connectivity index (χ0v) is 25.6. The third-order valence-electron chi connectivity index (χ3n) is 6.61. The minimum Gasteiger partial charge on any atom is -0.496 e. The Hall–Kier alpha value is -3.50. The number of hydrogen-bond acceptors (Lipinski definition) is 9. The molecule has 2 heterocycles. The van der Waals surface area contributed by atoms with Crippen LogP contribution >= 0.6 is 27.3 Å². The lowest BCUT2D eigenvalue weighted by atomic mass is 9.75. The normalized spacial score (nSPS) is 16.8. The van der Waals surface area contributed by atoms with Gasteiger partial charge in [-0.2, -0.15) is 0 Å². The van der Waals surface area contributed by atoms with Crippen molar-refractivity contribution in [2.75, 3.05) is 27.4 Å². The van der Waals surface area contributed by atoms with Gasteiger partial charge in [0, 0.05) is 39.9 Å². The summed E-state index contributed by atoms with van der Waals surface area (Å²) in [6.45, 7) is 7.49. The number of esters is 2. The number of aliphatic imine (C=N–C) groups is 1. The van der Waals surface area contributed by atoms with Gasteiger partial charge >= 0.3 is 11.9 Å². The first-order valence-electron chi connectivity index (χ1n) is 12.8. The highest BCUT2D eigenvalue weighted by Crippen LogP contribution is 2.43. The number of rotatable bonds is 9. The number of methoxy groups -OCH3 is 2. The molecule has 2 atom stereocenters. The van der Waals surface area contributed by atoms with Crippen molar-refractivity contribution >= 4 is 44.9 Å². The molecule has 0 radical (unpaired) electrons. The van der Waals surface area contributed by atoms with E-state index in [0.29, 0.717) is 28.5 Å². The van der Waals surface area contributed by atoms with Crippen LogP contribution < -0.4 is 9.47 Å². The van der Waals surface area contributed by atoms with Gasteiger partial charge in [-0.05, 0) is 61.3 Å². The van der Waals surface area contributed by atoms with Gasteiger partial charge in [0.15, 0.2) is 0 Å². The number of aromatic nitrogens is 1. The summed E-state index contributed by atoms with van der Waals surface area (Å²) in [6.07, 6.45) is 0. The quantitative estimate of drug-likeness (QED) is 0.240. The molecule has 2 aromatic carbocycles. The highest BCUT2D eigenvalue weighted by atomic mass is 79.9. The van der Waals surface area contributed by atoms with Gasteiger partial charge in [0.1, 0.15) is 22.4 Å². The second-order valence-electron chi connectivity index (χ2n) is 9.03. The summed E-state index contributed by atoms with van der Waals surface area (Å²) in [5, 5.41) is 2.74. The van der Waals surface area contributed by atoms with Crippen LogP contribution in [0.2, 0.25) is 0 Å². The maximum Gasteiger partial charge on any atom is 0.336 e. The molecule has 0 bridgehead atoms. The Bertz CT molecular complexity index is 1500. The number of thiazole rings is 1. The zero-order valence-electron chi connectivity index (χ0n) is 23.2. The van der Waals surface area contributed by atoms with E-state index in [9.17, 15) is 9.59 Å². The Morgan fingerprint density at radius 3 is 2.40 bits per heavy atom. The third-order valence-corrected chi connectivity index (χ3v) is 8.12. The average Bonchev–Trinajstić information content (AvgIpc) is 3.43. The average molecular weight is 628 g/mol. The summed E-state index contributed by atoms with van der Waals surface area (Å²) >= 11 is 5.03. The summed E-state index contributed by atoms with van der Waals surface area (Å²) in [4.78, 5) is 35.7. The van der Waals surface area contributed by atoms with Crippen LogP contribution in [0.15, 0.2) is 62.5 Å². The maximum absolute atomic E-state index is 13.2. The van der Waals surface area contributed by atoms with Gasteiger partial charge in [-0.25, -0.2) is 9.78 Å². The molecule has 0 fully saturated rings. The molecule has 0 spiro atoms. The summed E-state index contributed by atoms with van der Waals surface area (Å²) in [7, 11) is 3.21. The fourth-order valence-electron chi connectivity index (χ4n) is 4.86. The van der Waals surface area contributed by atoms with Gasteiger partial charge in [-0.1, -0.05) is 18.2 Å². The van der Waals surface area contributed by atoms with Gasteiger partial charge in [0.25, 0.3) is 0 Å². The molecule has 1 aliphatic rings. The van der Waals surface area contributed by atoms with Crippen molar-refractivity contribution in [2.24, 2.45) is 10.9 Å². The van der Waals surface area contributed by atoms with Crippen molar-refractivity contribution in [1.82, 2.24) is 4.98 Å². The fourth-order valence-corrected chi connectivity index (χ4v) is 6.19. The summed E-state index contributed by atoms with van der Waals surface area (Å²) in [5.74, 6) is -0.998. The molecule has 0 N–H and O–H groups in total. The molecule has 8 nitrogen and oxygen atoms in total. The van der Waals surface area contributed by atoms with Crippen LogP contribution in [-0.2, 0) is 19.1 Å². The smallest absolute Gasteiger partial charge is 0.336 e. The van der Waals surface area contributed by atoms with Crippen LogP contribution in [0.5, 0.6) is 11.5 Å². The van der Waals surface area contributed by atoms with Crippen LogP contribution in [-0.4, -0.2) is 50.1 Å². The Morgan fingerprint density at radius 2 is 1.73 bits per heavy atom. The van der Waals surface area contributed by atoms with Crippen molar-refractivity contribution in [3.63, 3.8) is 0 Å². The molecule has 0 saturated carbocycles. The fraction of sp³-hybridized carbons (Fsp3) is 0.333. The number of ether oxygens (including phenoxy) is 4. The van der Waals surface area contributed by atoms with Crippen LogP contribution in [0.25, 0.3) is 21.8 Å². The molecule has 40 heavy (non-hydrogen) atoms. The molecule has 10 heteroatoms. The molecule has 1 aliphatic heterocycles. The van der Waals surface area contributed by atoms with E-state index in [2.05, 4.69) is 20.9 Å². The largest absolute Gasteiger partial charge is 0.496 e. The van der Waals surface area contributed by atoms with E-state index in [4.69, 9.17) is 23.9 Å². The first-order valence-corrected chi connectivity index (χ1v) is 14.5. The number of carbonyl (C=O) groups excluding carboxylic acids is 2. The van der Waals surface area contributed by atoms with E-state index in [1.165, 1.54) is 11.3 Å². The van der Waals surface area contributed by atoms with Gasteiger partial charge in [0.05, 0.1) is 43.2 Å². The van der Waals surface area contributed by atoms with Gasteiger partial charge in [0.2, 0.25) is 0 Å². The standard InChI is InChI=1S/C30H31BrN2O6S/c1-7-38-29(34)25-16(3)32-17(4)26(30(35)39-8-2)27(25)18-10-9-11-19(12-18)28-33-22(15-40-28)20-13-21(31)24(37-6)14-23(20)36-5/h9-15,25,27H,7-8H2,1-6H3. The number of allylic oxidation sites excluding steroid dienone is 1. The second kappa shape index (κ2) is 12.8. The number of carbonyl (C=O) groups is 2. The monoisotopic (exact) mass is 626 g/mol. The molecule has 0 saturated heterocycles. The van der Waals surface area contributed by atoms with Crippen LogP contribution in [0.4, 0.5) is 0 Å². The predicted molar refractivity (Wildman–Crippen MR) is 159 cm³/mol. The predicted octanol–water partition coefficient (Wildman–Crippen LogP) is 6.83. The Balaban J connectivity index is 1.79. The van der Waals surface area contributed by atoms with Gasteiger partial charge < -0.3 is 18.9 Å². The minimum absolute atomic E-state index is 0.210. The lowest BCUT2D eigenvalue weighted by Crippen LogP contribution is -2.36. The third kappa shape index (κ3) is 5.83. The number of halogens is 1. The van der Waals surface area contributed by atoms with Crippen molar-refractivity contribution in [3.05, 3.63) is 63.1 Å². The molecule has 2 unspecified atom stereocenters. The van der Waals surface area contributed by atoms with E-state index in [1.807, 2.05) is 41.8 Å². The molecule has 0 amide bonds. The van der Waals surface area contributed by atoms with E-state index in [1.54, 1.807) is 41.9 Å². The lowest BCUT2D eigenvalue weighted by Gasteiger charge is -2.31. The van der Waals surface area contributed by atoms with E-state index >= 15 is 0 Å². The summed E-state index contributed by atoms with van der Waals surface area (Å²) in [6, 6.07) is 11.5. The van der Waals surface area contributed by atoms with Crippen LogP contribution in [0.1, 0.15) is 39.2 Å². The van der Waals surface area contributed by atoms with Crippen molar-refractivity contribution in [3.8, 4) is 33.3 Å². The van der Waals surface area contributed by atoms with Gasteiger partial charge in [-0.15, -0.1) is 11.3 Å². The molecule has 1 aromatic heterocycles. The van der Waals surface area contributed by atoms with Crippen molar-refractivity contribution in [1.29, 1.82) is 0 Å². The molecule has 210 valence electrons. The molecular weight excluding hydrogens is 596 g/mol. The first-order chi connectivity index (χ1) is 19.2. The first kappa shape index (κ1) is 29.5. The topological polar surface area (TPSA) is 96.3 Å². The minimum atomic E-state index is -0.758. The molecule has 3 aromatic rings. The Morgan fingerprint density at radius 1 is 1.00 bits per heavy atom. The maximum atomic E-state index is 13.2. The highest BCUT2D eigenvalue weighted by molar-refractivity contribution is 9.10. The van der Waals surface area contributed by atoms with E-state index in [-0.39, 0.29) is 13.2 Å². The highest BCUT2D eigenvalue weighted by Gasteiger charge is 2.42. The molecule has 4 rings (SSSR count). The summed E-state index contributed by atoms with van der Waals surface area (Å²) < 4.78 is 22.6. The zero-order chi connectivity index (χ0) is 29.0. The van der Waals surface area contributed by atoms with Crippen molar-refractivity contribution < 1.29 is 28.5 Å².